The summed E-state index contributed by atoms with van der Waals surface area (Å²) in [7, 11) is 0. The van der Waals surface area contributed by atoms with E-state index in [2.05, 4.69) is 0 Å². The van der Waals surface area contributed by atoms with Gasteiger partial charge in [-0.1, -0.05) is 12.1 Å². The van der Waals surface area contributed by atoms with Crippen LogP contribution in [-0.4, -0.2) is 29.1 Å². The molecule has 0 aromatic heterocycles. The Kier molecular flexibility index (Phi) is 4.35. The van der Waals surface area contributed by atoms with Gasteiger partial charge in [-0.25, -0.2) is 14.0 Å². The number of carboxylic acids is 1. The number of carboxylic acid groups (broad SMARTS) is 1. The average molecular weight is 256 g/mol. The molecule has 0 fully saturated rings. The second-order valence-electron chi connectivity index (χ2n) is 3.68. The number of benzene rings is 1. The molecule has 0 aliphatic heterocycles. The normalized spacial score (nSPS) is 13.7. The lowest BCUT2D eigenvalue weighted by Crippen LogP contribution is -2.60. The summed E-state index contributed by atoms with van der Waals surface area (Å²) in [6.45, 7) is -0.782. The average Bonchev–Trinajstić information content (AvgIpc) is 2.36. The summed E-state index contributed by atoms with van der Waals surface area (Å²) in [6.07, 6.45) is 0. The number of ether oxygens (including phenoxy) is 1. The van der Waals surface area contributed by atoms with Crippen molar-refractivity contribution < 1.29 is 23.8 Å². The first-order chi connectivity index (χ1) is 8.40. The van der Waals surface area contributed by atoms with E-state index in [-0.39, 0.29) is 6.61 Å². The van der Waals surface area contributed by atoms with Crippen LogP contribution in [0.3, 0.4) is 0 Å². The molecule has 0 bridgehead atoms. The van der Waals surface area contributed by atoms with Crippen molar-refractivity contribution in [2.24, 2.45) is 11.5 Å². The lowest BCUT2D eigenvalue weighted by molar-refractivity contribution is -0.161. The molecule has 1 rings (SSSR count). The van der Waals surface area contributed by atoms with Crippen molar-refractivity contribution in [3.05, 3.63) is 35.6 Å². The van der Waals surface area contributed by atoms with Gasteiger partial charge in [0, 0.05) is 6.54 Å². The van der Waals surface area contributed by atoms with Crippen molar-refractivity contribution in [2.45, 2.75) is 12.1 Å². The number of aliphatic carboxylic acids is 1. The molecule has 18 heavy (non-hydrogen) atoms. The monoisotopic (exact) mass is 256 g/mol. The number of hydrogen-bond acceptors (Lipinski definition) is 5. The molecule has 0 radical (unpaired) electrons. The molecular weight excluding hydrogens is 243 g/mol. The van der Waals surface area contributed by atoms with Gasteiger partial charge in [-0.3, -0.25) is 0 Å². The summed E-state index contributed by atoms with van der Waals surface area (Å²) in [5.74, 6) is -3.12. The second kappa shape index (κ2) is 5.56. The van der Waals surface area contributed by atoms with Crippen molar-refractivity contribution in [1.29, 1.82) is 0 Å². The summed E-state index contributed by atoms with van der Waals surface area (Å²) in [5.41, 5.74) is 8.70. The van der Waals surface area contributed by atoms with Gasteiger partial charge >= 0.3 is 11.9 Å². The van der Waals surface area contributed by atoms with E-state index in [4.69, 9.17) is 21.3 Å². The van der Waals surface area contributed by atoms with Crippen LogP contribution in [0.15, 0.2) is 24.3 Å². The first kappa shape index (κ1) is 14.1. The van der Waals surface area contributed by atoms with Crippen LogP contribution in [0.4, 0.5) is 4.39 Å². The van der Waals surface area contributed by atoms with Gasteiger partial charge in [0.05, 0.1) is 0 Å². The van der Waals surface area contributed by atoms with Crippen LogP contribution in [0.1, 0.15) is 5.56 Å². The van der Waals surface area contributed by atoms with Gasteiger partial charge in [0.1, 0.15) is 12.4 Å². The molecule has 0 heterocycles. The topological polar surface area (TPSA) is 116 Å². The number of hydrogen-bond donors (Lipinski definition) is 3. The molecular formula is C11H13FN2O4. The minimum Gasteiger partial charge on any atom is -0.479 e. The van der Waals surface area contributed by atoms with Crippen molar-refractivity contribution >= 4 is 11.9 Å². The first-order valence-corrected chi connectivity index (χ1v) is 5.04. The van der Waals surface area contributed by atoms with E-state index >= 15 is 0 Å². The van der Waals surface area contributed by atoms with Gasteiger partial charge in [-0.2, -0.15) is 0 Å². The number of nitrogens with two attached hydrogens (primary N) is 2. The summed E-state index contributed by atoms with van der Waals surface area (Å²) in [4.78, 5) is 22.3. The van der Waals surface area contributed by atoms with Crippen molar-refractivity contribution in [3.63, 3.8) is 0 Å². The molecule has 0 amide bonds. The Bertz CT molecular complexity index is 449. The maximum atomic E-state index is 12.6. The fourth-order valence-electron chi connectivity index (χ4n) is 1.12. The molecule has 0 aliphatic carbocycles. The molecule has 0 aliphatic rings. The summed E-state index contributed by atoms with van der Waals surface area (Å²) in [6, 6.07) is 5.20. The minimum absolute atomic E-state index is 0.203. The van der Waals surface area contributed by atoms with E-state index in [0.29, 0.717) is 5.56 Å². The smallest absolute Gasteiger partial charge is 0.339 e. The third-order valence-electron chi connectivity index (χ3n) is 2.35. The molecule has 0 spiro atoms. The third kappa shape index (κ3) is 3.02. The number of carbonyl (C=O) groups is 2. The summed E-state index contributed by atoms with van der Waals surface area (Å²) >= 11 is 0. The van der Waals surface area contributed by atoms with Crippen LogP contribution in [0.2, 0.25) is 0 Å². The molecule has 6 nitrogen and oxygen atoms in total. The third-order valence-corrected chi connectivity index (χ3v) is 2.35. The van der Waals surface area contributed by atoms with E-state index in [0.717, 1.165) is 0 Å². The van der Waals surface area contributed by atoms with Crippen LogP contribution in [0, 0.1) is 5.82 Å². The van der Waals surface area contributed by atoms with Crippen LogP contribution >= 0.6 is 0 Å². The maximum Gasteiger partial charge on any atom is 0.339 e. The molecule has 1 unspecified atom stereocenters. The summed E-state index contributed by atoms with van der Waals surface area (Å²) in [5, 5.41) is 8.78. The Labute approximate surface area is 102 Å². The Hall–Kier alpha value is -1.99. The maximum absolute atomic E-state index is 12.6. The Morgan fingerprint density at radius 3 is 2.33 bits per heavy atom. The van der Waals surface area contributed by atoms with Gasteiger partial charge < -0.3 is 21.3 Å². The SMILES string of the molecule is NCC(N)(C(=O)O)C(=O)OCc1ccc(F)cc1. The van der Waals surface area contributed by atoms with Gasteiger partial charge in [0.25, 0.3) is 0 Å². The highest BCUT2D eigenvalue weighted by Gasteiger charge is 2.42. The van der Waals surface area contributed by atoms with Gasteiger partial charge in [0.2, 0.25) is 5.54 Å². The standard InChI is InChI=1S/C11H13FN2O4/c12-8-3-1-7(2-4-8)5-18-10(17)11(14,6-13)9(15)16/h1-4H,5-6,13-14H2,(H,15,16). The van der Waals surface area contributed by atoms with E-state index in [9.17, 15) is 14.0 Å². The highest BCUT2D eigenvalue weighted by molar-refractivity contribution is 6.04. The van der Waals surface area contributed by atoms with Gasteiger partial charge in [0.15, 0.2) is 0 Å². The van der Waals surface area contributed by atoms with E-state index in [1.54, 1.807) is 0 Å². The molecule has 0 saturated heterocycles. The van der Waals surface area contributed by atoms with Gasteiger partial charge in [-0.05, 0) is 17.7 Å². The molecule has 5 N–H and O–H groups in total. The number of carbonyl (C=O) groups excluding carboxylic acids is 1. The van der Waals surface area contributed by atoms with Gasteiger partial charge in [-0.15, -0.1) is 0 Å². The highest BCUT2D eigenvalue weighted by atomic mass is 19.1. The lowest BCUT2D eigenvalue weighted by atomic mass is 10.0. The number of halogens is 1. The molecule has 1 aromatic rings. The highest BCUT2D eigenvalue weighted by Crippen LogP contribution is 2.08. The van der Waals surface area contributed by atoms with Crippen molar-refractivity contribution in [2.75, 3.05) is 6.54 Å². The quantitative estimate of drug-likeness (QED) is 0.488. The zero-order chi connectivity index (χ0) is 13.8. The molecule has 98 valence electrons. The lowest BCUT2D eigenvalue weighted by Gasteiger charge is -2.20. The predicted molar refractivity (Wildman–Crippen MR) is 59.8 cm³/mol. The number of rotatable bonds is 5. The Morgan fingerprint density at radius 1 is 1.33 bits per heavy atom. The van der Waals surface area contributed by atoms with Crippen LogP contribution in [0.5, 0.6) is 0 Å². The largest absolute Gasteiger partial charge is 0.479 e. The van der Waals surface area contributed by atoms with E-state index in [1.807, 2.05) is 0 Å². The Morgan fingerprint density at radius 2 is 1.89 bits per heavy atom. The second-order valence-corrected chi connectivity index (χ2v) is 3.68. The molecule has 1 atom stereocenters. The van der Waals surface area contributed by atoms with Crippen molar-refractivity contribution in [1.82, 2.24) is 0 Å². The molecule has 0 saturated carbocycles. The summed E-state index contributed by atoms with van der Waals surface area (Å²) < 4.78 is 17.4. The first-order valence-electron chi connectivity index (χ1n) is 5.04. The van der Waals surface area contributed by atoms with Crippen molar-refractivity contribution in [3.8, 4) is 0 Å². The van der Waals surface area contributed by atoms with Crippen LogP contribution < -0.4 is 11.5 Å². The molecule has 7 heteroatoms. The van der Waals surface area contributed by atoms with Crippen LogP contribution in [0.25, 0.3) is 0 Å². The Balaban J connectivity index is 2.66. The fraction of sp³-hybridized carbons (Fsp3) is 0.273. The zero-order valence-electron chi connectivity index (χ0n) is 9.43. The molecule has 1 aromatic carbocycles. The van der Waals surface area contributed by atoms with E-state index in [1.165, 1.54) is 24.3 Å². The van der Waals surface area contributed by atoms with Crippen LogP contribution in [-0.2, 0) is 20.9 Å². The number of esters is 1. The predicted octanol–water partition coefficient (Wildman–Crippen LogP) is -0.390. The zero-order valence-corrected chi connectivity index (χ0v) is 9.43. The minimum atomic E-state index is -2.26. The van der Waals surface area contributed by atoms with E-state index < -0.39 is 29.8 Å². The fourth-order valence-corrected chi connectivity index (χ4v) is 1.12.